The lowest BCUT2D eigenvalue weighted by molar-refractivity contribution is 0.0527. The second kappa shape index (κ2) is 6.41. The van der Waals surface area contributed by atoms with Gasteiger partial charge < -0.3 is 9.72 Å². The molecule has 0 fully saturated rings. The molecule has 3 aromatic rings. The molecule has 0 bridgehead atoms. The number of H-pyrrole nitrogens is 1. The minimum Gasteiger partial charge on any atom is -0.462 e. The summed E-state index contributed by atoms with van der Waals surface area (Å²) in [6.07, 6.45) is 1.35. The van der Waals surface area contributed by atoms with Crippen LogP contribution in [0.5, 0.6) is 0 Å². The SMILES string of the molecule is CCOC(=O)c1cnc2ccc(=O)[nH]c2c1-c1ccc(F)cc1Cl. The number of aromatic amines is 1. The van der Waals surface area contributed by atoms with E-state index in [0.29, 0.717) is 22.2 Å². The van der Waals surface area contributed by atoms with Crippen molar-refractivity contribution in [3.05, 3.63) is 63.3 Å². The Morgan fingerprint density at radius 2 is 2.12 bits per heavy atom. The zero-order valence-corrected chi connectivity index (χ0v) is 13.4. The molecule has 0 aliphatic heterocycles. The number of hydrogen-bond acceptors (Lipinski definition) is 4. The summed E-state index contributed by atoms with van der Waals surface area (Å²) in [4.78, 5) is 30.8. The zero-order chi connectivity index (χ0) is 17.3. The Hall–Kier alpha value is -2.73. The molecular weight excluding hydrogens is 335 g/mol. The van der Waals surface area contributed by atoms with Gasteiger partial charge in [-0.1, -0.05) is 11.6 Å². The largest absolute Gasteiger partial charge is 0.462 e. The first-order chi connectivity index (χ1) is 11.5. The van der Waals surface area contributed by atoms with Gasteiger partial charge in [-0.25, -0.2) is 9.18 Å². The van der Waals surface area contributed by atoms with Crippen LogP contribution in [0.2, 0.25) is 5.02 Å². The number of aromatic nitrogens is 2. The molecule has 5 nitrogen and oxygen atoms in total. The number of carbonyl (C=O) groups excluding carboxylic acids is 1. The summed E-state index contributed by atoms with van der Waals surface area (Å²) in [6.45, 7) is 1.86. The van der Waals surface area contributed by atoms with Crippen LogP contribution < -0.4 is 5.56 Å². The van der Waals surface area contributed by atoms with Gasteiger partial charge in [-0.2, -0.15) is 0 Å². The van der Waals surface area contributed by atoms with Gasteiger partial charge >= 0.3 is 5.97 Å². The molecule has 1 N–H and O–H groups in total. The average molecular weight is 347 g/mol. The number of ether oxygens (including phenoxy) is 1. The highest BCUT2D eigenvalue weighted by molar-refractivity contribution is 6.34. The number of pyridine rings is 2. The van der Waals surface area contributed by atoms with Gasteiger partial charge in [-0.3, -0.25) is 9.78 Å². The van der Waals surface area contributed by atoms with Crippen LogP contribution in [0.3, 0.4) is 0 Å². The minimum atomic E-state index is -0.605. The fourth-order valence-corrected chi connectivity index (χ4v) is 2.70. The first-order valence-electron chi connectivity index (χ1n) is 7.16. The third-order valence-corrected chi connectivity index (χ3v) is 3.76. The van der Waals surface area contributed by atoms with E-state index in [4.69, 9.17) is 16.3 Å². The lowest BCUT2D eigenvalue weighted by atomic mass is 9.99. The van der Waals surface area contributed by atoms with Gasteiger partial charge in [-0.05, 0) is 31.2 Å². The van der Waals surface area contributed by atoms with Crippen LogP contribution in [0.1, 0.15) is 17.3 Å². The highest BCUT2D eigenvalue weighted by atomic mass is 35.5. The van der Waals surface area contributed by atoms with Crippen molar-refractivity contribution >= 4 is 28.6 Å². The molecule has 0 unspecified atom stereocenters. The minimum absolute atomic E-state index is 0.109. The third kappa shape index (κ3) is 2.88. The maximum absolute atomic E-state index is 13.4. The number of halogens is 2. The van der Waals surface area contributed by atoms with E-state index in [1.807, 2.05) is 0 Å². The molecule has 7 heteroatoms. The molecule has 0 aliphatic carbocycles. The van der Waals surface area contributed by atoms with Crippen LogP contribution in [0.25, 0.3) is 22.2 Å². The van der Waals surface area contributed by atoms with Gasteiger partial charge in [0.1, 0.15) is 5.82 Å². The van der Waals surface area contributed by atoms with Crippen molar-refractivity contribution in [3.63, 3.8) is 0 Å². The van der Waals surface area contributed by atoms with Crippen molar-refractivity contribution in [2.75, 3.05) is 6.61 Å². The molecule has 0 saturated carbocycles. The molecule has 2 aromatic heterocycles. The third-order valence-electron chi connectivity index (χ3n) is 3.44. The van der Waals surface area contributed by atoms with E-state index in [1.165, 1.54) is 30.5 Å². The number of fused-ring (bicyclic) bond motifs is 1. The summed E-state index contributed by atoms with van der Waals surface area (Å²) in [6, 6.07) is 6.67. The maximum atomic E-state index is 13.4. The van der Waals surface area contributed by atoms with Gasteiger partial charge in [0.05, 0.1) is 28.2 Å². The fourth-order valence-electron chi connectivity index (χ4n) is 2.43. The highest BCUT2D eigenvalue weighted by Gasteiger charge is 2.20. The number of hydrogen-bond donors (Lipinski definition) is 1. The van der Waals surface area contributed by atoms with Crippen LogP contribution in [0, 0.1) is 5.82 Å². The van der Waals surface area contributed by atoms with Crippen molar-refractivity contribution in [1.82, 2.24) is 9.97 Å². The average Bonchev–Trinajstić information content (AvgIpc) is 2.54. The number of benzene rings is 1. The smallest absolute Gasteiger partial charge is 0.340 e. The van der Waals surface area contributed by atoms with Crippen molar-refractivity contribution in [3.8, 4) is 11.1 Å². The second-order valence-corrected chi connectivity index (χ2v) is 5.38. The predicted octanol–water partition coefficient (Wildman–Crippen LogP) is 3.56. The Bertz CT molecular complexity index is 1000. The Labute approximate surface area is 141 Å². The topological polar surface area (TPSA) is 72.0 Å². The van der Waals surface area contributed by atoms with Crippen LogP contribution in [-0.2, 0) is 4.74 Å². The van der Waals surface area contributed by atoms with E-state index in [1.54, 1.807) is 6.92 Å². The van der Waals surface area contributed by atoms with E-state index in [0.717, 1.165) is 6.07 Å². The second-order valence-electron chi connectivity index (χ2n) is 4.97. The molecular formula is C17H12ClFN2O3. The first kappa shape index (κ1) is 16.1. The molecule has 2 heterocycles. The standard InChI is InChI=1S/C17H12ClFN2O3/c1-2-24-17(23)11-8-20-13-5-6-14(22)21-16(13)15(11)10-4-3-9(19)7-12(10)18/h3-8H,2H2,1H3,(H,21,22). The molecule has 0 atom stereocenters. The summed E-state index contributed by atoms with van der Waals surface area (Å²) in [5.41, 5.74) is 1.33. The van der Waals surface area contributed by atoms with Gasteiger partial charge in [0, 0.05) is 23.4 Å². The van der Waals surface area contributed by atoms with Crippen molar-refractivity contribution in [2.24, 2.45) is 0 Å². The number of nitrogens with zero attached hydrogens (tertiary/aromatic N) is 1. The molecule has 24 heavy (non-hydrogen) atoms. The van der Waals surface area contributed by atoms with E-state index in [-0.39, 0.29) is 22.8 Å². The zero-order valence-electron chi connectivity index (χ0n) is 12.6. The lowest BCUT2D eigenvalue weighted by Crippen LogP contribution is -2.11. The Kier molecular flexibility index (Phi) is 4.31. The van der Waals surface area contributed by atoms with Crippen LogP contribution in [-0.4, -0.2) is 22.5 Å². The monoisotopic (exact) mass is 346 g/mol. The summed E-state index contributed by atoms with van der Waals surface area (Å²) in [7, 11) is 0. The number of rotatable bonds is 3. The van der Waals surface area contributed by atoms with Gasteiger partial charge in [-0.15, -0.1) is 0 Å². The van der Waals surface area contributed by atoms with Gasteiger partial charge in [0.25, 0.3) is 0 Å². The van der Waals surface area contributed by atoms with Crippen LogP contribution in [0.4, 0.5) is 4.39 Å². The van der Waals surface area contributed by atoms with E-state index in [9.17, 15) is 14.0 Å². The maximum Gasteiger partial charge on any atom is 0.340 e. The van der Waals surface area contributed by atoms with Crippen molar-refractivity contribution in [2.45, 2.75) is 6.92 Å². The highest BCUT2D eigenvalue weighted by Crippen LogP contribution is 2.35. The fraction of sp³-hybridized carbons (Fsp3) is 0.118. The van der Waals surface area contributed by atoms with E-state index < -0.39 is 11.8 Å². The summed E-state index contributed by atoms with van der Waals surface area (Å²) < 4.78 is 18.4. The summed E-state index contributed by atoms with van der Waals surface area (Å²) >= 11 is 6.15. The molecule has 0 radical (unpaired) electrons. The van der Waals surface area contributed by atoms with Crippen molar-refractivity contribution in [1.29, 1.82) is 0 Å². The molecule has 0 amide bonds. The number of nitrogens with one attached hydrogen (secondary N) is 1. The van der Waals surface area contributed by atoms with E-state index in [2.05, 4.69) is 9.97 Å². The molecule has 0 aliphatic rings. The van der Waals surface area contributed by atoms with Gasteiger partial charge in [0.15, 0.2) is 0 Å². The van der Waals surface area contributed by atoms with E-state index >= 15 is 0 Å². The predicted molar refractivity (Wildman–Crippen MR) is 88.7 cm³/mol. The molecule has 1 aromatic carbocycles. The number of carbonyl (C=O) groups is 1. The Morgan fingerprint density at radius 3 is 2.83 bits per heavy atom. The van der Waals surface area contributed by atoms with Gasteiger partial charge in [0.2, 0.25) is 5.56 Å². The Morgan fingerprint density at radius 1 is 1.33 bits per heavy atom. The molecule has 0 saturated heterocycles. The molecule has 122 valence electrons. The van der Waals surface area contributed by atoms with Crippen molar-refractivity contribution < 1.29 is 13.9 Å². The van der Waals surface area contributed by atoms with Crippen LogP contribution >= 0.6 is 11.6 Å². The molecule has 3 rings (SSSR count). The summed E-state index contributed by atoms with van der Waals surface area (Å²) in [5, 5.41) is 0.109. The first-order valence-corrected chi connectivity index (χ1v) is 7.53. The van der Waals surface area contributed by atoms with Crippen LogP contribution in [0.15, 0.2) is 41.3 Å². The Balaban J connectivity index is 2.40. The quantitative estimate of drug-likeness (QED) is 0.736. The number of esters is 1. The molecule has 0 spiro atoms. The lowest BCUT2D eigenvalue weighted by Gasteiger charge is -2.13. The summed E-state index contributed by atoms with van der Waals surface area (Å²) in [5.74, 6) is -1.11. The normalized spacial score (nSPS) is 10.8.